The zero-order chi connectivity index (χ0) is 26.2. The third-order valence-electron chi connectivity index (χ3n) is 5.17. The largest absolute Gasteiger partial charge is 0.497 e. The first kappa shape index (κ1) is 26.4. The molecule has 1 heterocycles. The first-order valence-corrected chi connectivity index (χ1v) is 11.9. The van der Waals surface area contributed by atoms with Gasteiger partial charge in [-0.1, -0.05) is 17.8 Å². The molecule has 188 valence electrons. The number of methoxy groups -OCH3 is 1. The Morgan fingerprint density at radius 2 is 1.97 bits per heavy atom. The van der Waals surface area contributed by atoms with Gasteiger partial charge in [0.05, 0.1) is 23.8 Å². The van der Waals surface area contributed by atoms with Crippen molar-refractivity contribution in [3.8, 4) is 5.75 Å². The average molecular weight is 511 g/mol. The molecule has 1 aromatic heterocycles. The summed E-state index contributed by atoms with van der Waals surface area (Å²) in [6.45, 7) is 7.64. The number of thioether (sulfide) groups is 1. The van der Waals surface area contributed by atoms with E-state index in [2.05, 4.69) is 27.4 Å². The van der Waals surface area contributed by atoms with Crippen LogP contribution in [0.15, 0.2) is 60.3 Å². The van der Waals surface area contributed by atoms with Crippen LogP contribution in [0.1, 0.15) is 34.7 Å². The van der Waals surface area contributed by atoms with Crippen LogP contribution in [0.5, 0.6) is 5.75 Å². The van der Waals surface area contributed by atoms with Gasteiger partial charge in [0.2, 0.25) is 5.91 Å². The van der Waals surface area contributed by atoms with Gasteiger partial charge in [0.25, 0.3) is 11.6 Å². The second-order valence-corrected chi connectivity index (χ2v) is 8.70. The van der Waals surface area contributed by atoms with E-state index in [1.807, 2.05) is 0 Å². The molecule has 1 atom stereocenters. The molecule has 12 heteroatoms. The van der Waals surface area contributed by atoms with E-state index in [9.17, 15) is 19.7 Å². The zero-order valence-corrected chi connectivity index (χ0v) is 20.9. The molecule has 11 nitrogen and oxygen atoms in total. The van der Waals surface area contributed by atoms with Gasteiger partial charge in [-0.25, -0.2) is 0 Å². The number of aromatic nitrogens is 3. The number of nitrogens with one attached hydrogen (secondary N) is 2. The van der Waals surface area contributed by atoms with Crippen molar-refractivity contribution in [3.05, 3.63) is 82.2 Å². The predicted molar refractivity (Wildman–Crippen MR) is 136 cm³/mol. The molecule has 0 aliphatic rings. The van der Waals surface area contributed by atoms with Crippen LogP contribution >= 0.6 is 11.8 Å². The highest BCUT2D eigenvalue weighted by Crippen LogP contribution is 2.24. The van der Waals surface area contributed by atoms with Gasteiger partial charge >= 0.3 is 0 Å². The lowest BCUT2D eigenvalue weighted by Crippen LogP contribution is -2.28. The first-order valence-electron chi connectivity index (χ1n) is 10.9. The summed E-state index contributed by atoms with van der Waals surface area (Å²) in [6, 6.07) is 10.5. The van der Waals surface area contributed by atoms with Crippen LogP contribution in [0.3, 0.4) is 0 Å². The van der Waals surface area contributed by atoms with Gasteiger partial charge in [-0.2, -0.15) is 0 Å². The van der Waals surface area contributed by atoms with Gasteiger partial charge in [-0.15, -0.1) is 16.8 Å². The normalized spacial score (nSPS) is 11.4. The van der Waals surface area contributed by atoms with E-state index < -0.39 is 11.0 Å². The second kappa shape index (κ2) is 12.0. The van der Waals surface area contributed by atoms with Crippen molar-refractivity contribution in [1.29, 1.82) is 0 Å². The number of carbonyl (C=O) groups excluding carboxylic acids is 2. The average Bonchev–Trinajstić information content (AvgIpc) is 3.26. The Bertz CT molecular complexity index is 1270. The molecule has 0 radical (unpaired) electrons. The molecule has 0 aliphatic carbocycles. The van der Waals surface area contributed by atoms with Gasteiger partial charge in [0, 0.05) is 29.9 Å². The SMILES string of the molecule is C=CCn1c(SCC(=O)Nc2ccc([N+](=O)[O-])cc2C)nnc1C(C)NC(=O)c1ccc(OC)cc1. The van der Waals surface area contributed by atoms with Crippen LogP contribution < -0.4 is 15.4 Å². The van der Waals surface area contributed by atoms with Crippen molar-refractivity contribution in [2.75, 3.05) is 18.2 Å². The number of anilines is 1. The molecule has 0 bridgehead atoms. The van der Waals surface area contributed by atoms with Crippen LogP contribution in [-0.2, 0) is 11.3 Å². The topological polar surface area (TPSA) is 141 Å². The van der Waals surface area contributed by atoms with Crippen molar-refractivity contribution < 1.29 is 19.2 Å². The second-order valence-electron chi connectivity index (χ2n) is 7.76. The Morgan fingerprint density at radius 3 is 2.58 bits per heavy atom. The number of allylic oxidation sites excluding steroid dienone is 1. The van der Waals surface area contributed by atoms with Crippen molar-refractivity contribution in [1.82, 2.24) is 20.1 Å². The highest BCUT2D eigenvalue weighted by atomic mass is 32.2. The lowest BCUT2D eigenvalue weighted by Gasteiger charge is -2.15. The highest BCUT2D eigenvalue weighted by Gasteiger charge is 2.21. The summed E-state index contributed by atoms with van der Waals surface area (Å²) in [5.74, 6) is 0.640. The Morgan fingerprint density at radius 1 is 1.25 bits per heavy atom. The number of amides is 2. The lowest BCUT2D eigenvalue weighted by atomic mass is 10.2. The van der Waals surface area contributed by atoms with E-state index in [1.54, 1.807) is 55.9 Å². The fourth-order valence-corrected chi connectivity index (χ4v) is 4.09. The molecule has 36 heavy (non-hydrogen) atoms. The standard InChI is InChI=1S/C24H26N6O5S/c1-5-12-29-22(16(3)25-23(32)17-6-9-19(35-4)10-7-17)27-28-24(29)36-14-21(31)26-20-11-8-18(30(33)34)13-15(20)2/h5-11,13,16H,1,12,14H2,2-4H3,(H,25,32)(H,26,31). The fourth-order valence-electron chi connectivity index (χ4n) is 3.33. The molecule has 1 unspecified atom stereocenters. The summed E-state index contributed by atoms with van der Waals surface area (Å²) >= 11 is 1.18. The van der Waals surface area contributed by atoms with E-state index in [0.717, 1.165) is 0 Å². The van der Waals surface area contributed by atoms with Crippen molar-refractivity contribution >= 4 is 35.0 Å². The van der Waals surface area contributed by atoms with E-state index >= 15 is 0 Å². The number of nitrogens with zero attached hydrogens (tertiary/aromatic N) is 4. The van der Waals surface area contributed by atoms with Crippen LogP contribution in [0, 0.1) is 17.0 Å². The number of non-ortho nitro benzene ring substituents is 1. The summed E-state index contributed by atoms with van der Waals surface area (Å²) in [4.78, 5) is 35.6. The maximum atomic E-state index is 12.7. The number of hydrogen-bond acceptors (Lipinski definition) is 8. The third-order valence-corrected chi connectivity index (χ3v) is 6.14. The summed E-state index contributed by atoms with van der Waals surface area (Å²) < 4.78 is 6.90. The Hall–Kier alpha value is -4.19. The number of benzene rings is 2. The number of ether oxygens (including phenoxy) is 1. The van der Waals surface area contributed by atoms with Crippen LogP contribution in [0.25, 0.3) is 0 Å². The zero-order valence-electron chi connectivity index (χ0n) is 20.1. The van der Waals surface area contributed by atoms with E-state index in [-0.39, 0.29) is 23.3 Å². The lowest BCUT2D eigenvalue weighted by molar-refractivity contribution is -0.384. The van der Waals surface area contributed by atoms with Crippen LogP contribution in [0.4, 0.5) is 11.4 Å². The Labute approximate surface area is 212 Å². The van der Waals surface area contributed by atoms with Crippen molar-refractivity contribution in [2.45, 2.75) is 31.6 Å². The van der Waals surface area contributed by atoms with Crippen LogP contribution in [0.2, 0.25) is 0 Å². The quantitative estimate of drug-likeness (QED) is 0.171. The number of carbonyl (C=O) groups is 2. The minimum absolute atomic E-state index is 0.0400. The number of rotatable bonds is 11. The summed E-state index contributed by atoms with van der Waals surface area (Å²) in [7, 11) is 1.56. The van der Waals surface area contributed by atoms with Gasteiger partial charge < -0.3 is 19.9 Å². The monoisotopic (exact) mass is 510 g/mol. The van der Waals surface area contributed by atoms with E-state index in [0.29, 0.717) is 40.1 Å². The number of nitro benzene ring substituents is 1. The van der Waals surface area contributed by atoms with E-state index in [4.69, 9.17) is 4.74 Å². The summed E-state index contributed by atoms with van der Waals surface area (Å²) in [5.41, 5.74) is 1.51. The molecule has 0 fully saturated rings. The minimum Gasteiger partial charge on any atom is -0.497 e. The maximum Gasteiger partial charge on any atom is 0.269 e. The molecule has 2 N–H and O–H groups in total. The Balaban J connectivity index is 1.65. The number of aryl methyl sites for hydroxylation is 1. The summed E-state index contributed by atoms with van der Waals surface area (Å²) in [6.07, 6.45) is 1.68. The van der Waals surface area contributed by atoms with Crippen molar-refractivity contribution in [3.63, 3.8) is 0 Å². The van der Waals surface area contributed by atoms with Gasteiger partial charge in [-0.05, 0) is 49.7 Å². The fraction of sp³-hybridized carbons (Fsp3) is 0.250. The molecule has 2 amide bonds. The molecule has 0 saturated heterocycles. The Kier molecular flexibility index (Phi) is 8.79. The maximum absolute atomic E-state index is 12.7. The van der Waals surface area contributed by atoms with Gasteiger partial charge in [0.15, 0.2) is 11.0 Å². The van der Waals surface area contributed by atoms with Gasteiger partial charge in [0.1, 0.15) is 5.75 Å². The molecule has 0 saturated carbocycles. The van der Waals surface area contributed by atoms with E-state index in [1.165, 1.54) is 30.0 Å². The third kappa shape index (κ3) is 6.48. The smallest absolute Gasteiger partial charge is 0.269 e. The minimum atomic E-state index is -0.487. The highest BCUT2D eigenvalue weighted by molar-refractivity contribution is 7.99. The molecular weight excluding hydrogens is 484 g/mol. The first-order chi connectivity index (χ1) is 17.2. The van der Waals surface area contributed by atoms with Gasteiger partial charge in [-0.3, -0.25) is 19.7 Å². The molecule has 0 aliphatic heterocycles. The predicted octanol–water partition coefficient (Wildman–Crippen LogP) is 3.91. The molecular formula is C24H26N6O5S. The molecule has 3 aromatic rings. The molecule has 3 rings (SSSR count). The molecule has 0 spiro atoms. The summed E-state index contributed by atoms with van der Waals surface area (Å²) in [5, 5.41) is 25.5. The van der Waals surface area contributed by atoms with Crippen molar-refractivity contribution in [2.24, 2.45) is 0 Å². The number of hydrogen-bond donors (Lipinski definition) is 2. The molecule has 2 aromatic carbocycles. The number of nitro groups is 1. The van der Waals surface area contributed by atoms with Crippen LogP contribution in [-0.4, -0.2) is 44.4 Å².